The molecule has 0 unspecified atom stereocenters. The zero-order chi connectivity index (χ0) is 15.2. The molecule has 18 heavy (non-hydrogen) atoms. The fraction of sp³-hybridized carbons (Fsp3) is 0.500. The van der Waals surface area contributed by atoms with Crippen LogP contribution >= 0.6 is 7.82 Å². The van der Waals surface area contributed by atoms with Crippen molar-refractivity contribution in [2.45, 2.75) is 20.8 Å². The van der Waals surface area contributed by atoms with Crippen LogP contribution in [0, 0.1) is 0 Å². The van der Waals surface area contributed by atoms with Crippen LogP contribution in [0.5, 0.6) is 0 Å². The van der Waals surface area contributed by atoms with Gasteiger partial charge in [0.25, 0.3) is 17.9 Å². The smallest absolute Gasteiger partial charge is 0.790 e. The van der Waals surface area contributed by atoms with Crippen LogP contribution in [0.2, 0.25) is 0 Å². The van der Waals surface area contributed by atoms with Crippen molar-refractivity contribution in [1.29, 1.82) is 0 Å². The maximum absolute atomic E-state index is 9.00. The fourth-order valence-electron chi connectivity index (χ4n) is 0. The van der Waals surface area contributed by atoms with Crippen molar-refractivity contribution >= 4 is 63.5 Å². The number of phosphoric acid groups is 1. The average Bonchev–Trinajstić information content (AvgIpc) is 1.73. The Labute approximate surface area is 132 Å². The van der Waals surface area contributed by atoms with Crippen LogP contribution < -0.4 is 9.79 Å². The Kier molecular flexibility index (Phi) is 32.6. The summed E-state index contributed by atoms with van der Waals surface area (Å²) in [5.41, 5.74) is 0. The standard InChI is InChI=1S/3C2H4O2.Ca.H3O4P/c3*1-2(3)4;;1-5(2,3)4/h3*1H3,(H,3,4);;(H3,1,2,3,4)/q;;;+2;/p-2. The first-order chi connectivity index (χ1) is 7.20. The molecular weight excluding hydrogens is 303 g/mol. The Bertz CT molecular complexity index is 223. The van der Waals surface area contributed by atoms with E-state index in [0.29, 0.717) is 0 Å². The van der Waals surface area contributed by atoms with Gasteiger partial charge in [0.05, 0.1) is 7.82 Å². The van der Waals surface area contributed by atoms with Gasteiger partial charge in [-0.25, -0.2) is 0 Å². The molecule has 0 aromatic rings. The average molecular weight is 316 g/mol. The molecule has 0 rings (SSSR count). The number of carboxylic acid groups (broad SMARTS) is 3. The van der Waals surface area contributed by atoms with Crippen molar-refractivity contribution in [3.8, 4) is 0 Å². The Morgan fingerprint density at radius 2 is 0.833 bits per heavy atom. The van der Waals surface area contributed by atoms with Crippen LogP contribution in [0.25, 0.3) is 0 Å². The van der Waals surface area contributed by atoms with Gasteiger partial charge in [-0.2, -0.15) is 0 Å². The molecule has 0 heterocycles. The van der Waals surface area contributed by atoms with Crippen LogP contribution in [0.15, 0.2) is 0 Å². The molecule has 104 valence electrons. The van der Waals surface area contributed by atoms with Gasteiger partial charge in [-0.3, -0.25) is 14.4 Å². The van der Waals surface area contributed by atoms with Crippen LogP contribution in [-0.2, 0) is 18.9 Å². The maximum Gasteiger partial charge on any atom is 2.00 e. The second kappa shape index (κ2) is 19.1. The van der Waals surface area contributed by atoms with Crippen molar-refractivity contribution in [2.24, 2.45) is 0 Å². The monoisotopic (exact) mass is 316 g/mol. The summed E-state index contributed by atoms with van der Waals surface area (Å²) in [6.07, 6.45) is 0. The zero-order valence-electron chi connectivity index (χ0n) is 9.89. The molecule has 4 N–H and O–H groups in total. The van der Waals surface area contributed by atoms with Gasteiger partial charge in [0.1, 0.15) is 0 Å². The van der Waals surface area contributed by atoms with E-state index in [1.54, 1.807) is 0 Å². The molecule has 0 amide bonds. The molecule has 0 fully saturated rings. The molecule has 10 nitrogen and oxygen atoms in total. The molecule has 12 heteroatoms. The van der Waals surface area contributed by atoms with Crippen LogP contribution in [0.3, 0.4) is 0 Å². The second-order valence-corrected chi connectivity index (χ2v) is 2.96. The third kappa shape index (κ3) is 71000. The largest absolute Gasteiger partial charge is 2.00 e. The van der Waals surface area contributed by atoms with E-state index in [1.165, 1.54) is 0 Å². The molecule has 0 saturated carbocycles. The van der Waals surface area contributed by atoms with E-state index in [1.807, 2.05) is 0 Å². The predicted molar refractivity (Wildman–Crippen MR) is 55.5 cm³/mol. The fourth-order valence-corrected chi connectivity index (χ4v) is 0. The van der Waals surface area contributed by atoms with E-state index in [2.05, 4.69) is 0 Å². The van der Waals surface area contributed by atoms with Gasteiger partial charge < -0.3 is 34.6 Å². The van der Waals surface area contributed by atoms with Gasteiger partial charge in [-0.05, 0) is 0 Å². The number of rotatable bonds is 0. The topological polar surface area (TPSA) is 195 Å². The normalized spacial score (nSPS) is 7.44. The zero-order valence-corrected chi connectivity index (χ0v) is 13.0. The van der Waals surface area contributed by atoms with Gasteiger partial charge in [-0.1, -0.05) is 0 Å². The van der Waals surface area contributed by atoms with Crippen molar-refractivity contribution in [2.75, 3.05) is 0 Å². The minimum absolute atomic E-state index is 0. The van der Waals surface area contributed by atoms with Crippen LogP contribution in [0.1, 0.15) is 20.8 Å². The molecule has 0 aliphatic rings. The van der Waals surface area contributed by atoms with Gasteiger partial charge >= 0.3 is 37.7 Å². The second-order valence-electron chi connectivity index (χ2n) is 2.03. The molecule has 0 radical (unpaired) electrons. The molecule has 0 atom stereocenters. The first-order valence-electron chi connectivity index (χ1n) is 3.53. The van der Waals surface area contributed by atoms with Crippen molar-refractivity contribution < 1.29 is 48.9 Å². The summed E-state index contributed by atoms with van der Waals surface area (Å²) in [6.45, 7) is 3.25. The third-order valence-corrected chi connectivity index (χ3v) is 0. The number of hydrogen-bond donors (Lipinski definition) is 4. The number of hydrogen-bond acceptors (Lipinski definition) is 6. The van der Waals surface area contributed by atoms with E-state index in [9.17, 15) is 0 Å². The first-order valence-corrected chi connectivity index (χ1v) is 5.03. The molecular formula is C6H13CaO10P. The molecule has 0 spiro atoms. The molecule has 0 bridgehead atoms. The van der Waals surface area contributed by atoms with E-state index in [-0.39, 0.29) is 37.7 Å². The van der Waals surface area contributed by atoms with E-state index < -0.39 is 25.7 Å². The van der Waals surface area contributed by atoms with Gasteiger partial charge in [0.15, 0.2) is 0 Å². The number of carbonyl (C=O) groups is 3. The minimum Gasteiger partial charge on any atom is -0.790 e. The van der Waals surface area contributed by atoms with Gasteiger partial charge in [0.2, 0.25) is 0 Å². The predicted octanol–water partition coefficient (Wildman–Crippen LogP) is -2.30. The Morgan fingerprint density at radius 1 is 0.833 bits per heavy atom. The summed E-state index contributed by atoms with van der Waals surface area (Å²) in [6, 6.07) is 0. The summed E-state index contributed by atoms with van der Waals surface area (Å²) < 4.78 is 8.66. The molecule has 0 aliphatic carbocycles. The Morgan fingerprint density at radius 3 is 0.833 bits per heavy atom. The maximum atomic E-state index is 9.00. The summed E-state index contributed by atoms with van der Waals surface area (Å²) in [5, 5.41) is 22.2. The number of carboxylic acids is 3. The SMILES string of the molecule is CC(=O)O.CC(=O)O.CC(=O)O.O=P([O-])([O-])O.[Ca+2]. The molecule has 0 aromatic heterocycles. The molecule has 0 aliphatic heterocycles. The summed E-state index contributed by atoms with van der Waals surface area (Å²) in [4.78, 5) is 51.3. The van der Waals surface area contributed by atoms with Crippen molar-refractivity contribution in [1.82, 2.24) is 0 Å². The van der Waals surface area contributed by atoms with Gasteiger partial charge in [0, 0.05) is 20.8 Å². The summed E-state index contributed by atoms with van der Waals surface area (Å²) >= 11 is 0. The molecule has 0 saturated heterocycles. The molecule has 0 aromatic carbocycles. The van der Waals surface area contributed by atoms with Crippen LogP contribution in [-0.4, -0.2) is 75.9 Å². The summed E-state index contributed by atoms with van der Waals surface area (Å²) in [7, 11) is -5.14. The Hall–Kier alpha value is -0.220. The van der Waals surface area contributed by atoms with Crippen molar-refractivity contribution in [3.05, 3.63) is 0 Å². The van der Waals surface area contributed by atoms with Gasteiger partial charge in [-0.15, -0.1) is 0 Å². The first kappa shape index (κ1) is 30.7. The van der Waals surface area contributed by atoms with E-state index in [4.69, 9.17) is 48.9 Å². The van der Waals surface area contributed by atoms with Crippen LogP contribution in [0.4, 0.5) is 0 Å². The van der Waals surface area contributed by atoms with E-state index in [0.717, 1.165) is 20.8 Å². The van der Waals surface area contributed by atoms with E-state index >= 15 is 0 Å². The summed E-state index contributed by atoms with van der Waals surface area (Å²) in [5.74, 6) is -2.50. The Balaban J connectivity index is -0.0000000412. The number of aliphatic carboxylic acids is 3. The minimum atomic E-state index is -5.14. The third-order valence-electron chi connectivity index (χ3n) is 0. The quantitative estimate of drug-likeness (QED) is 0.278. The van der Waals surface area contributed by atoms with Crippen molar-refractivity contribution in [3.63, 3.8) is 0 Å².